The van der Waals surface area contributed by atoms with Crippen LogP contribution >= 0.6 is 0 Å². The summed E-state index contributed by atoms with van der Waals surface area (Å²) >= 11 is 0. The van der Waals surface area contributed by atoms with Crippen molar-refractivity contribution in [2.24, 2.45) is 0 Å². The highest BCUT2D eigenvalue weighted by atomic mass is 16.3. The Morgan fingerprint density at radius 1 is 1.29 bits per heavy atom. The van der Waals surface area contributed by atoms with Crippen LogP contribution in [-0.2, 0) is 4.79 Å². The van der Waals surface area contributed by atoms with E-state index in [1.54, 1.807) is 0 Å². The predicted molar refractivity (Wildman–Crippen MR) is 68.8 cm³/mol. The molecule has 1 fully saturated rings. The van der Waals surface area contributed by atoms with Gasteiger partial charge in [0.15, 0.2) is 0 Å². The molecule has 0 aromatic heterocycles. The first-order valence-electron chi connectivity index (χ1n) is 6.56. The summed E-state index contributed by atoms with van der Waals surface area (Å²) in [5.41, 5.74) is -0.210. The maximum atomic E-state index is 11.9. The normalized spacial score (nSPS) is 27.6. The molecule has 0 spiro atoms. The van der Waals surface area contributed by atoms with E-state index in [0.717, 1.165) is 25.7 Å². The maximum Gasteiger partial charge on any atom is 0.237 e. The van der Waals surface area contributed by atoms with Gasteiger partial charge in [-0.2, -0.15) is 0 Å². The smallest absolute Gasteiger partial charge is 0.237 e. The fourth-order valence-electron chi connectivity index (χ4n) is 2.18. The van der Waals surface area contributed by atoms with Gasteiger partial charge in [-0.05, 0) is 40.5 Å². The van der Waals surface area contributed by atoms with E-state index in [9.17, 15) is 9.90 Å². The summed E-state index contributed by atoms with van der Waals surface area (Å²) in [7, 11) is 0. The molecular formula is C13H26N2O2. The molecule has 1 amide bonds. The van der Waals surface area contributed by atoms with Crippen molar-refractivity contribution in [3.63, 3.8) is 0 Å². The molecule has 1 saturated carbocycles. The third-order valence-electron chi connectivity index (χ3n) is 3.09. The second kappa shape index (κ2) is 5.83. The van der Waals surface area contributed by atoms with E-state index in [1.165, 1.54) is 0 Å². The predicted octanol–water partition coefficient (Wildman–Crippen LogP) is 1.18. The third-order valence-corrected chi connectivity index (χ3v) is 3.09. The maximum absolute atomic E-state index is 11.9. The summed E-state index contributed by atoms with van der Waals surface area (Å²) in [6, 6.07) is -0.198. The van der Waals surface area contributed by atoms with Gasteiger partial charge in [-0.3, -0.25) is 4.79 Å². The Bertz CT molecular complexity index is 261. The molecule has 1 aliphatic carbocycles. The lowest BCUT2D eigenvalue weighted by Gasteiger charge is -2.32. The summed E-state index contributed by atoms with van der Waals surface area (Å²) in [6.07, 6.45) is 3.69. The van der Waals surface area contributed by atoms with Crippen molar-refractivity contribution in [2.45, 2.75) is 77.1 Å². The topological polar surface area (TPSA) is 61.4 Å². The summed E-state index contributed by atoms with van der Waals surface area (Å²) in [4.78, 5) is 11.9. The largest absolute Gasteiger partial charge is 0.392 e. The first-order chi connectivity index (χ1) is 7.79. The van der Waals surface area contributed by atoms with Crippen LogP contribution in [0.1, 0.15) is 53.4 Å². The minimum atomic E-state index is -0.311. The van der Waals surface area contributed by atoms with Crippen molar-refractivity contribution in [1.29, 1.82) is 0 Å². The van der Waals surface area contributed by atoms with Crippen molar-refractivity contribution < 1.29 is 9.90 Å². The Balaban J connectivity index is 2.42. The van der Waals surface area contributed by atoms with Gasteiger partial charge in [0, 0.05) is 11.6 Å². The molecule has 0 aromatic carbocycles. The number of hydrogen-bond acceptors (Lipinski definition) is 3. The molecule has 4 heteroatoms. The molecule has 0 radical (unpaired) electrons. The van der Waals surface area contributed by atoms with Crippen LogP contribution in [0, 0.1) is 0 Å². The lowest BCUT2D eigenvalue weighted by molar-refractivity contribution is -0.124. The van der Waals surface area contributed by atoms with Gasteiger partial charge in [-0.1, -0.05) is 12.8 Å². The number of carbonyl (C=O) groups excluding carboxylic acids is 1. The van der Waals surface area contributed by atoms with Crippen molar-refractivity contribution in [1.82, 2.24) is 10.6 Å². The second-order valence-corrected chi connectivity index (χ2v) is 6.09. The van der Waals surface area contributed by atoms with E-state index >= 15 is 0 Å². The van der Waals surface area contributed by atoms with Crippen LogP contribution < -0.4 is 10.6 Å². The van der Waals surface area contributed by atoms with Gasteiger partial charge in [0.2, 0.25) is 5.91 Å². The summed E-state index contributed by atoms with van der Waals surface area (Å²) in [6.45, 7) is 7.75. The molecule has 1 rings (SSSR count). The van der Waals surface area contributed by atoms with Crippen LogP contribution in [-0.4, -0.2) is 34.7 Å². The molecule has 0 bridgehead atoms. The molecule has 100 valence electrons. The van der Waals surface area contributed by atoms with Gasteiger partial charge in [-0.15, -0.1) is 0 Å². The third kappa shape index (κ3) is 5.04. The minimum Gasteiger partial charge on any atom is -0.392 e. The zero-order valence-electron chi connectivity index (χ0n) is 11.4. The molecule has 0 heterocycles. The number of aliphatic hydroxyl groups is 1. The van der Waals surface area contributed by atoms with Gasteiger partial charge < -0.3 is 15.7 Å². The summed E-state index contributed by atoms with van der Waals surface area (Å²) in [5.74, 6) is -0.00438. The molecule has 3 unspecified atom stereocenters. The van der Waals surface area contributed by atoms with Crippen molar-refractivity contribution in [3.05, 3.63) is 0 Å². The fourth-order valence-corrected chi connectivity index (χ4v) is 2.18. The molecule has 1 aliphatic rings. The van der Waals surface area contributed by atoms with Crippen LogP contribution in [0.3, 0.4) is 0 Å². The number of rotatable bonds is 3. The van der Waals surface area contributed by atoms with Crippen LogP contribution in [0.5, 0.6) is 0 Å². The van der Waals surface area contributed by atoms with Crippen molar-refractivity contribution >= 4 is 5.91 Å². The average molecular weight is 242 g/mol. The van der Waals surface area contributed by atoms with E-state index in [1.807, 2.05) is 27.7 Å². The Morgan fingerprint density at radius 3 is 2.41 bits per heavy atom. The monoisotopic (exact) mass is 242 g/mol. The Morgan fingerprint density at radius 2 is 1.88 bits per heavy atom. The standard InChI is InChI=1S/C13H26N2O2/c1-9(12(17)15-13(2,3)4)14-10-7-5-6-8-11(10)16/h9-11,14,16H,5-8H2,1-4H3,(H,15,17). The van der Waals surface area contributed by atoms with E-state index < -0.39 is 0 Å². The molecule has 3 atom stereocenters. The quantitative estimate of drug-likeness (QED) is 0.696. The highest BCUT2D eigenvalue weighted by Crippen LogP contribution is 2.18. The molecule has 3 N–H and O–H groups in total. The first-order valence-corrected chi connectivity index (χ1v) is 6.56. The zero-order valence-corrected chi connectivity index (χ0v) is 11.4. The first kappa shape index (κ1) is 14.5. The van der Waals surface area contributed by atoms with Crippen LogP contribution in [0.25, 0.3) is 0 Å². The Labute approximate surface area is 104 Å². The summed E-state index contributed by atoms with van der Waals surface area (Å²) < 4.78 is 0. The molecule has 0 aliphatic heterocycles. The molecule has 0 aromatic rings. The van der Waals surface area contributed by atoms with E-state index in [-0.39, 0.29) is 29.6 Å². The number of hydrogen-bond donors (Lipinski definition) is 3. The average Bonchev–Trinajstić information content (AvgIpc) is 2.18. The number of aliphatic hydroxyl groups excluding tert-OH is 1. The number of amides is 1. The summed E-state index contributed by atoms with van der Waals surface area (Å²) in [5, 5.41) is 16.0. The number of nitrogens with one attached hydrogen (secondary N) is 2. The molecule has 4 nitrogen and oxygen atoms in total. The molecular weight excluding hydrogens is 216 g/mol. The van der Waals surface area contributed by atoms with Gasteiger partial charge in [-0.25, -0.2) is 0 Å². The van der Waals surface area contributed by atoms with E-state index in [0.29, 0.717) is 0 Å². The van der Waals surface area contributed by atoms with Crippen LogP contribution in [0.15, 0.2) is 0 Å². The lowest BCUT2D eigenvalue weighted by atomic mass is 9.92. The van der Waals surface area contributed by atoms with Crippen LogP contribution in [0.4, 0.5) is 0 Å². The molecule has 17 heavy (non-hydrogen) atoms. The molecule has 0 saturated heterocycles. The Hall–Kier alpha value is -0.610. The zero-order chi connectivity index (χ0) is 13.1. The highest BCUT2D eigenvalue weighted by molar-refractivity contribution is 5.81. The minimum absolute atomic E-state index is 0.00438. The van der Waals surface area contributed by atoms with Gasteiger partial charge >= 0.3 is 0 Å². The van der Waals surface area contributed by atoms with Crippen LogP contribution in [0.2, 0.25) is 0 Å². The fraction of sp³-hybridized carbons (Fsp3) is 0.923. The second-order valence-electron chi connectivity index (χ2n) is 6.09. The van der Waals surface area contributed by atoms with Gasteiger partial charge in [0.05, 0.1) is 12.1 Å². The van der Waals surface area contributed by atoms with E-state index in [2.05, 4.69) is 10.6 Å². The SMILES string of the molecule is CC(NC1CCCCC1O)C(=O)NC(C)(C)C. The Kier molecular flexibility index (Phi) is 4.95. The van der Waals surface area contributed by atoms with Gasteiger partial charge in [0.1, 0.15) is 0 Å². The van der Waals surface area contributed by atoms with Crippen molar-refractivity contribution in [3.8, 4) is 0 Å². The van der Waals surface area contributed by atoms with E-state index in [4.69, 9.17) is 0 Å². The van der Waals surface area contributed by atoms with Crippen molar-refractivity contribution in [2.75, 3.05) is 0 Å². The lowest BCUT2D eigenvalue weighted by Crippen LogP contribution is -2.54. The highest BCUT2D eigenvalue weighted by Gasteiger charge is 2.27. The number of carbonyl (C=O) groups is 1. The van der Waals surface area contributed by atoms with Gasteiger partial charge in [0.25, 0.3) is 0 Å².